The number of carbonyl (C=O) groups excluding carboxylic acids is 1. The van der Waals surface area contributed by atoms with Crippen LogP contribution >= 0.6 is 11.6 Å². The lowest BCUT2D eigenvalue weighted by Gasteiger charge is -2.37. The van der Waals surface area contributed by atoms with Crippen LogP contribution in [0.4, 0.5) is 0 Å². The number of sulfonamides is 1. The number of hydrogen-bond acceptors (Lipinski definition) is 4. The maximum Gasteiger partial charge on any atom is 0.243 e. The molecule has 2 aliphatic heterocycles. The zero-order chi connectivity index (χ0) is 21.1. The maximum atomic E-state index is 13.2. The van der Waals surface area contributed by atoms with E-state index < -0.39 is 16.1 Å². The summed E-state index contributed by atoms with van der Waals surface area (Å²) in [5.74, 6) is -0.0793. The van der Waals surface area contributed by atoms with Crippen molar-refractivity contribution in [2.45, 2.75) is 30.3 Å². The molecule has 0 unspecified atom stereocenters. The van der Waals surface area contributed by atoms with E-state index in [2.05, 4.69) is 17.0 Å². The highest BCUT2D eigenvalue weighted by Crippen LogP contribution is 2.28. The van der Waals surface area contributed by atoms with Crippen LogP contribution in [0.1, 0.15) is 18.4 Å². The summed E-state index contributed by atoms with van der Waals surface area (Å²) >= 11 is 5.89. The van der Waals surface area contributed by atoms with E-state index in [0.29, 0.717) is 37.5 Å². The Labute approximate surface area is 183 Å². The molecular weight excluding hydrogens is 422 g/mol. The Balaban J connectivity index is 1.40. The molecule has 0 radical (unpaired) electrons. The van der Waals surface area contributed by atoms with Crippen LogP contribution in [-0.2, 0) is 21.4 Å². The van der Waals surface area contributed by atoms with Gasteiger partial charge in [-0.2, -0.15) is 4.31 Å². The number of nitrogens with zero attached hydrogens (tertiary/aromatic N) is 3. The van der Waals surface area contributed by atoms with Crippen molar-refractivity contribution < 1.29 is 13.2 Å². The van der Waals surface area contributed by atoms with Gasteiger partial charge < -0.3 is 4.90 Å². The van der Waals surface area contributed by atoms with Gasteiger partial charge in [-0.3, -0.25) is 9.69 Å². The van der Waals surface area contributed by atoms with Crippen molar-refractivity contribution in [3.05, 3.63) is 65.2 Å². The number of amides is 1. The Hall–Kier alpha value is -1.93. The quantitative estimate of drug-likeness (QED) is 0.707. The van der Waals surface area contributed by atoms with Gasteiger partial charge in [0, 0.05) is 44.3 Å². The summed E-state index contributed by atoms with van der Waals surface area (Å²) in [4.78, 5) is 17.5. The highest BCUT2D eigenvalue weighted by atomic mass is 35.5. The zero-order valence-corrected chi connectivity index (χ0v) is 18.4. The Morgan fingerprint density at radius 3 is 2.27 bits per heavy atom. The average molecular weight is 448 g/mol. The number of benzene rings is 2. The van der Waals surface area contributed by atoms with Gasteiger partial charge in [0.05, 0.1) is 4.90 Å². The lowest BCUT2D eigenvalue weighted by molar-refractivity contribution is -0.136. The fourth-order valence-corrected chi connectivity index (χ4v) is 5.97. The first-order chi connectivity index (χ1) is 14.4. The van der Waals surface area contributed by atoms with Gasteiger partial charge in [0.15, 0.2) is 0 Å². The highest BCUT2D eigenvalue weighted by Gasteiger charge is 2.41. The maximum absolute atomic E-state index is 13.2. The van der Waals surface area contributed by atoms with Crippen molar-refractivity contribution in [3.8, 4) is 0 Å². The third kappa shape index (κ3) is 4.54. The van der Waals surface area contributed by atoms with Gasteiger partial charge in [0.1, 0.15) is 6.04 Å². The van der Waals surface area contributed by atoms with E-state index in [1.165, 1.54) is 22.0 Å². The van der Waals surface area contributed by atoms with Gasteiger partial charge >= 0.3 is 0 Å². The molecule has 30 heavy (non-hydrogen) atoms. The topological polar surface area (TPSA) is 60.9 Å². The average Bonchev–Trinajstić information content (AvgIpc) is 3.26. The molecule has 0 aliphatic carbocycles. The predicted molar refractivity (Wildman–Crippen MR) is 117 cm³/mol. The SMILES string of the molecule is O=C([C@H]1CCCN1S(=O)(=O)c1ccc(Cl)cc1)N1CCN(Cc2ccccc2)CC1. The van der Waals surface area contributed by atoms with Crippen molar-refractivity contribution in [1.82, 2.24) is 14.1 Å². The minimum absolute atomic E-state index is 0.0793. The van der Waals surface area contributed by atoms with Crippen LogP contribution in [0.5, 0.6) is 0 Å². The van der Waals surface area contributed by atoms with E-state index in [1.807, 2.05) is 23.1 Å². The van der Waals surface area contributed by atoms with Crippen LogP contribution in [0.3, 0.4) is 0 Å². The van der Waals surface area contributed by atoms with Gasteiger partial charge in [-0.1, -0.05) is 41.9 Å². The minimum Gasteiger partial charge on any atom is -0.339 e. The zero-order valence-electron chi connectivity index (χ0n) is 16.8. The molecule has 1 atom stereocenters. The number of piperazine rings is 1. The molecule has 2 aromatic carbocycles. The molecule has 2 saturated heterocycles. The van der Waals surface area contributed by atoms with Crippen molar-refractivity contribution >= 4 is 27.5 Å². The molecule has 0 N–H and O–H groups in total. The summed E-state index contributed by atoms with van der Waals surface area (Å²) in [5.41, 5.74) is 1.26. The minimum atomic E-state index is -3.72. The molecular formula is C22H26ClN3O3S. The van der Waals surface area contributed by atoms with Gasteiger partial charge in [-0.05, 0) is 42.7 Å². The first-order valence-corrected chi connectivity index (χ1v) is 12.1. The van der Waals surface area contributed by atoms with Crippen LogP contribution in [0.25, 0.3) is 0 Å². The largest absolute Gasteiger partial charge is 0.339 e. The second-order valence-corrected chi connectivity index (χ2v) is 10.1. The molecule has 2 fully saturated rings. The first-order valence-electron chi connectivity index (χ1n) is 10.3. The molecule has 6 nitrogen and oxygen atoms in total. The third-order valence-corrected chi connectivity index (χ3v) is 8.02. The molecule has 4 rings (SSSR count). The van der Waals surface area contributed by atoms with E-state index in [-0.39, 0.29) is 10.8 Å². The van der Waals surface area contributed by atoms with Crippen molar-refractivity contribution in [2.75, 3.05) is 32.7 Å². The van der Waals surface area contributed by atoms with E-state index in [4.69, 9.17) is 11.6 Å². The van der Waals surface area contributed by atoms with Crippen LogP contribution in [0.15, 0.2) is 59.5 Å². The van der Waals surface area contributed by atoms with E-state index in [0.717, 1.165) is 19.6 Å². The van der Waals surface area contributed by atoms with Gasteiger partial charge in [-0.15, -0.1) is 0 Å². The molecule has 8 heteroatoms. The number of rotatable bonds is 5. The Bertz CT molecular complexity index is 974. The summed E-state index contributed by atoms with van der Waals surface area (Å²) in [6, 6.07) is 15.8. The normalized spacial score (nSPS) is 21.1. The van der Waals surface area contributed by atoms with E-state index in [1.54, 1.807) is 12.1 Å². The summed E-state index contributed by atoms with van der Waals surface area (Å²) in [5, 5.41) is 0.483. The van der Waals surface area contributed by atoms with Crippen LogP contribution in [-0.4, -0.2) is 67.2 Å². The molecule has 1 amide bonds. The second-order valence-electron chi connectivity index (χ2n) is 7.81. The lowest BCUT2D eigenvalue weighted by atomic mass is 10.1. The summed E-state index contributed by atoms with van der Waals surface area (Å²) in [7, 11) is -3.72. The molecule has 2 aliphatic rings. The van der Waals surface area contributed by atoms with Crippen molar-refractivity contribution in [2.24, 2.45) is 0 Å². The number of halogens is 1. The highest BCUT2D eigenvalue weighted by molar-refractivity contribution is 7.89. The Kier molecular flexibility index (Phi) is 6.43. The van der Waals surface area contributed by atoms with Crippen LogP contribution in [0.2, 0.25) is 5.02 Å². The lowest BCUT2D eigenvalue weighted by Crippen LogP contribution is -2.54. The molecule has 0 saturated carbocycles. The van der Waals surface area contributed by atoms with Crippen LogP contribution in [0, 0.1) is 0 Å². The van der Waals surface area contributed by atoms with Crippen LogP contribution < -0.4 is 0 Å². The molecule has 0 bridgehead atoms. The smallest absolute Gasteiger partial charge is 0.243 e. The Morgan fingerprint density at radius 1 is 0.933 bits per heavy atom. The monoisotopic (exact) mass is 447 g/mol. The fourth-order valence-electron chi connectivity index (χ4n) is 4.20. The van der Waals surface area contributed by atoms with Gasteiger partial charge in [0.2, 0.25) is 15.9 Å². The summed E-state index contributed by atoms with van der Waals surface area (Å²) < 4.78 is 27.6. The summed E-state index contributed by atoms with van der Waals surface area (Å²) in [6.45, 7) is 4.06. The molecule has 0 aromatic heterocycles. The van der Waals surface area contributed by atoms with E-state index in [9.17, 15) is 13.2 Å². The standard InChI is InChI=1S/C22H26ClN3O3S/c23-19-8-10-20(11-9-19)30(28,29)26-12-4-7-21(26)22(27)25-15-13-24(14-16-25)17-18-5-2-1-3-6-18/h1-3,5-6,8-11,21H,4,7,12-17H2/t21-/m1/s1. The number of carbonyl (C=O) groups is 1. The van der Waals surface area contributed by atoms with Gasteiger partial charge in [0.25, 0.3) is 0 Å². The molecule has 0 spiro atoms. The van der Waals surface area contributed by atoms with Crippen molar-refractivity contribution in [1.29, 1.82) is 0 Å². The summed E-state index contributed by atoms with van der Waals surface area (Å²) in [6.07, 6.45) is 1.26. The second kappa shape index (κ2) is 9.06. The van der Waals surface area contributed by atoms with E-state index >= 15 is 0 Å². The first kappa shape index (κ1) is 21.3. The molecule has 2 aromatic rings. The van der Waals surface area contributed by atoms with Gasteiger partial charge in [-0.25, -0.2) is 8.42 Å². The number of hydrogen-bond donors (Lipinski definition) is 0. The molecule has 2 heterocycles. The Morgan fingerprint density at radius 2 is 1.60 bits per heavy atom. The third-order valence-electron chi connectivity index (χ3n) is 5.84. The van der Waals surface area contributed by atoms with Crippen molar-refractivity contribution in [3.63, 3.8) is 0 Å². The fraction of sp³-hybridized carbons (Fsp3) is 0.409. The predicted octanol–water partition coefficient (Wildman–Crippen LogP) is 2.84. The molecule has 160 valence electrons.